The molecule has 9 heteroatoms. The van der Waals surface area contributed by atoms with Crippen molar-refractivity contribution in [2.45, 2.75) is 26.3 Å². The van der Waals surface area contributed by atoms with E-state index in [1.54, 1.807) is 6.07 Å². The van der Waals surface area contributed by atoms with E-state index in [-0.39, 0.29) is 29.4 Å². The number of nitrogens with one attached hydrogen (secondary N) is 2. The Balaban J connectivity index is 0.00000261. The van der Waals surface area contributed by atoms with Gasteiger partial charge in [0.25, 0.3) is 0 Å². The monoisotopic (exact) mass is 508 g/mol. The van der Waals surface area contributed by atoms with Crippen LogP contribution < -0.4 is 10.0 Å². The van der Waals surface area contributed by atoms with Crippen molar-refractivity contribution in [2.75, 3.05) is 43.8 Å². The molecule has 0 amide bonds. The topological polar surface area (TPSA) is 83.0 Å². The third kappa shape index (κ3) is 5.95. The van der Waals surface area contributed by atoms with Crippen LogP contribution in [-0.2, 0) is 21.3 Å². The van der Waals surface area contributed by atoms with Crippen LogP contribution in [0.25, 0.3) is 0 Å². The molecule has 1 unspecified atom stereocenters. The largest absolute Gasteiger partial charge is 0.381 e. The summed E-state index contributed by atoms with van der Waals surface area (Å²) in [5.41, 5.74) is 1.70. The number of rotatable bonds is 5. The van der Waals surface area contributed by atoms with Crippen LogP contribution in [-0.4, -0.2) is 58.4 Å². The van der Waals surface area contributed by atoms with Crippen molar-refractivity contribution >= 4 is 45.6 Å². The molecule has 2 saturated heterocycles. The number of para-hydroxylation sites is 1. The fraction of sp³-hybridized carbons (Fsp3) is 0.611. The van der Waals surface area contributed by atoms with Crippen molar-refractivity contribution in [3.63, 3.8) is 0 Å². The highest BCUT2D eigenvalue weighted by Gasteiger charge is 2.42. The van der Waals surface area contributed by atoms with Crippen LogP contribution in [0.15, 0.2) is 29.3 Å². The van der Waals surface area contributed by atoms with E-state index < -0.39 is 10.0 Å². The summed E-state index contributed by atoms with van der Waals surface area (Å²) in [7, 11) is -3.32. The summed E-state index contributed by atoms with van der Waals surface area (Å²) in [5.74, 6) is 0.880. The van der Waals surface area contributed by atoms with Gasteiger partial charge in [0.2, 0.25) is 10.0 Å². The molecule has 0 aromatic heterocycles. The molecule has 0 radical (unpaired) electrons. The number of nitrogens with zero attached hydrogens (tertiary/aromatic N) is 2. The Hall–Kier alpha value is -1.07. The fourth-order valence-electron chi connectivity index (χ4n) is 3.63. The van der Waals surface area contributed by atoms with E-state index in [1.165, 1.54) is 0 Å². The molecule has 1 aromatic carbocycles. The van der Waals surface area contributed by atoms with Crippen molar-refractivity contribution in [1.29, 1.82) is 0 Å². The first-order valence-corrected chi connectivity index (χ1v) is 11.0. The average Bonchev–Trinajstić information content (AvgIpc) is 3.22. The molecule has 1 spiro atoms. The van der Waals surface area contributed by atoms with Crippen LogP contribution >= 0.6 is 24.0 Å². The fourth-order valence-corrected chi connectivity index (χ4v) is 4.23. The SMILES string of the molecule is CCNC(=NCc1ccccc1NS(C)(=O)=O)N1CCC2(CCOC2)C1.I. The number of anilines is 1. The number of hydrogen-bond donors (Lipinski definition) is 2. The molecule has 2 heterocycles. The number of hydrogen-bond acceptors (Lipinski definition) is 4. The van der Waals surface area contributed by atoms with Gasteiger partial charge in [-0.05, 0) is 31.4 Å². The summed E-state index contributed by atoms with van der Waals surface area (Å²) in [6, 6.07) is 7.37. The predicted octanol–water partition coefficient (Wildman–Crippen LogP) is 2.25. The summed E-state index contributed by atoms with van der Waals surface area (Å²) in [5, 5.41) is 3.37. The summed E-state index contributed by atoms with van der Waals surface area (Å²) < 4.78 is 31.3. The van der Waals surface area contributed by atoms with Gasteiger partial charge in [0, 0.05) is 31.7 Å². The van der Waals surface area contributed by atoms with Gasteiger partial charge in [0.15, 0.2) is 5.96 Å². The van der Waals surface area contributed by atoms with E-state index in [2.05, 4.69) is 21.9 Å². The zero-order valence-electron chi connectivity index (χ0n) is 15.9. The molecule has 2 aliphatic heterocycles. The van der Waals surface area contributed by atoms with Gasteiger partial charge in [0.05, 0.1) is 25.1 Å². The van der Waals surface area contributed by atoms with Gasteiger partial charge >= 0.3 is 0 Å². The first-order valence-electron chi connectivity index (χ1n) is 9.07. The van der Waals surface area contributed by atoms with E-state index >= 15 is 0 Å². The second-order valence-corrected chi connectivity index (χ2v) is 8.92. The minimum absolute atomic E-state index is 0. The van der Waals surface area contributed by atoms with Gasteiger partial charge < -0.3 is 15.0 Å². The van der Waals surface area contributed by atoms with Gasteiger partial charge in [-0.25, -0.2) is 13.4 Å². The molecular weight excluding hydrogens is 479 g/mol. The second-order valence-electron chi connectivity index (χ2n) is 7.18. The van der Waals surface area contributed by atoms with E-state index in [1.807, 2.05) is 18.2 Å². The lowest BCUT2D eigenvalue weighted by atomic mass is 9.87. The number of halogens is 1. The molecule has 2 fully saturated rings. The molecule has 0 saturated carbocycles. The first-order chi connectivity index (χ1) is 12.4. The molecular formula is C18H29IN4O3S. The Morgan fingerprint density at radius 2 is 2.11 bits per heavy atom. The van der Waals surface area contributed by atoms with Crippen LogP contribution in [0.5, 0.6) is 0 Å². The summed E-state index contributed by atoms with van der Waals surface area (Å²) in [6.45, 7) is 6.89. The highest BCUT2D eigenvalue weighted by molar-refractivity contribution is 14.0. The van der Waals surface area contributed by atoms with Gasteiger partial charge in [-0.1, -0.05) is 18.2 Å². The average molecular weight is 508 g/mol. The van der Waals surface area contributed by atoms with Crippen LogP contribution in [0.1, 0.15) is 25.3 Å². The standard InChI is InChI=1S/C18H28N4O3S.HI/c1-3-19-17(22-10-8-18(13-22)9-11-25-14-18)20-12-15-6-4-5-7-16(15)21-26(2,23)24;/h4-7,21H,3,8-14H2,1-2H3,(H,19,20);1H. The van der Waals surface area contributed by atoms with Gasteiger partial charge in [0.1, 0.15) is 0 Å². The minimum Gasteiger partial charge on any atom is -0.381 e. The molecule has 152 valence electrons. The molecule has 1 atom stereocenters. The van der Waals surface area contributed by atoms with E-state index in [0.717, 1.165) is 63.5 Å². The molecule has 3 rings (SSSR count). The summed E-state index contributed by atoms with van der Waals surface area (Å²) >= 11 is 0. The lowest BCUT2D eigenvalue weighted by Gasteiger charge is -2.25. The third-order valence-electron chi connectivity index (χ3n) is 4.97. The highest BCUT2D eigenvalue weighted by Crippen LogP contribution is 2.38. The molecule has 2 N–H and O–H groups in total. The molecule has 27 heavy (non-hydrogen) atoms. The van der Waals surface area contributed by atoms with E-state index in [4.69, 9.17) is 9.73 Å². The van der Waals surface area contributed by atoms with E-state index in [0.29, 0.717) is 12.2 Å². The number of ether oxygens (including phenoxy) is 1. The number of likely N-dealkylation sites (tertiary alicyclic amines) is 1. The third-order valence-corrected chi connectivity index (χ3v) is 5.56. The number of guanidine groups is 1. The lowest BCUT2D eigenvalue weighted by Crippen LogP contribution is -2.41. The first kappa shape index (κ1) is 22.2. The summed E-state index contributed by atoms with van der Waals surface area (Å²) in [4.78, 5) is 7.06. The number of benzene rings is 1. The molecule has 1 aromatic rings. The zero-order chi connectivity index (χ0) is 18.6. The van der Waals surface area contributed by atoms with Crippen LogP contribution in [0, 0.1) is 5.41 Å². The number of sulfonamides is 1. The van der Waals surface area contributed by atoms with E-state index in [9.17, 15) is 8.42 Å². The minimum atomic E-state index is -3.32. The highest BCUT2D eigenvalue weighted by atomic mass is 127. The second kappa shape index (κ2) is 9.42. The van der Waals surface area contributed by atoms with Crippen molar-refractivity contribution in [2.24, 2.45) is 10.4 Å². The van der Waals surface area contributed by atoms with Crippen molar-refractivity contribution in [1.82, 2.24) is 10.2 Å². The van der Waals surface area contributed by atoms with Gasteiger partial charge in [-0.15, -0.1) is 24.0 Å². The van der Waals surface area contributed by atoms with Crippen molar-refractivity contribution in [3.05, 3.63) is 29.8 Å². The van der Waals surface area contributed by atoms with Crippen molar-refractivity contribution in [3.8, 4) is 0 Å². The molecule has 7 nitrogen and oxygen atoms in total. The van der Waals surface area contributed by atoms with Crippen LogP contribution in [0.3, 0.4) is 0 Å². The molecule has 0 bridgehead atoms. The Bertz CT molecular complexity index is 764. The predicted molar refractivity (Wildman–Crippen MR) is 119 cm³/mol. The van der Waals surface area contributed by atoms with Crippen LogP contribution in [0.2, 0.25) is 0 Å². The number of aliphatic imine (C=N–C) groups is 1. The molecule has 2 aliphatic rings. The van der Waals surface area contributed by atoms with Crippen LogP contribution in [0.4, 0.5) is 5.69 Å². The normalized spacial score (nSPS) is 22.7. The smallest absolute Gasteiger partial charge is 0.229 e. The van der Waals surface area contributed by atoms with Crippen molar-refractivity contribution < 1.29 is 13.2 Å². The Labute approximate surface area is 179 Å². The molecule has 0 aliphatic carbocycles. The maximum absolute atomic E-state index is 11.6. The van der Waals surface area contributed by atoms with Gasteiger partial charge in [-0.3, -0.25) is 4.72 Å². The Morgan fingerprint density at radius 1 is 1.33 bits per heavy atom. The summed E-state index contributed by atoms with van der Waals surface area (Å²) in [6.07, 6.45) is 3.40. The quantitative estimate of drug-likeness (QED) is 0.362. The van der Waals surface area contributed by atoms with Gasteiger partial charge in [-0.2, -0.15) is 0 Å². The maximum Gasteiger partial charge on any atom is 0.229 e. The Kier molecular flexibility index (Phi) is 7.75. The lowest BCUT2D eigenvalue weighted by molar-refractivity contribution is 0.156. The zero-order valence-corrected chi connectivity index (χ0v) is 19.0. The Morgan fingerprint density at radius 3 is 2.78 bits per heavy atom. The maximum atomic E-state index is 11.6.